The van der Waals surface area contributed by atoms with Crippen LogP contribution in [0.15, 0.2) is 0 Å². The Morgan fingerprint density at radius 1 is 1.16 bits per heavy atom. The molecule has 0 aromatic carbocycles. The van der Waals surface area contributed by atoms with Gasteiger partial charge < -0.3 is 20.4 Å². The summed E-state index contributed by atoms with van der Waals surface area (Å²) in [5.74, 6) is 0.0120. The first-order valence-corrected chi connectivity index (χ1v) is 7.45. The summed E-state index contributed by atoms with van der Waals surface area (Å²) in [6.07, 6.45) is 1.33. The molecular weight excluding hydrogens is 244 g/mol. The van der Waals surface area contributed by atoms with Gasteiger partial charge in [-0.2, -0.15) is 0 Å². The van der Waals surface area contributed by atoms with Crippen molar-refractivity contribution in [2.24, 2.45) is 23.2 Å². The highest BCUT2D eigenvalue weighted by Crippen LogP contribution is 2.56. The SMILES string of the molecule is CC(C)[C@@H]1CC[C@@]2(C)[C@H](O)CC[C@@](O)(CO)[C@@H]2[C@H]1O. The maximum Gasteiger partial charge on any atom is 0.0937 e. The lowest BCUT2D eigenvalue weighted by molar-refractivity contribution is -0.235. The second-order valence-electron chi connectivity index (χ2n) is 7.24. The van der Waals surface area contributed by atoms with Crippen LogP contribution in [0.2, 0.25) is 0 Å². The summed E-state index contributed by atoms with van der Waals surface area (Å²) < 4.78 is 0. The topological polar surface area (TPSA) is 80.9 Å². The Balaban J connectivity index is 2.38. The molecule has 0 saturated heterocycles. The summed E-state index contributed by atoms with van der Waals surface area (Å²) in [7, 11) is 0. The molecule has 0 aliphatic heterocycles. The van der Waals surface area contributed by atoms with E-state index in [1.165, 1.54) is 0 Å². The van der Waals surface area contributed by atoms with E-state index in [1.54, 1.807) is 0 Å². The maximum absolute atomic E-state index is 10.7. The van der Waals surface area contributed by atoms with Crippen molar-refractivity contribution in [3.8, 4) is 0 Å². The van der Waals surface area contributed by atoms with Gasteiger partial charge in [-0.15, -0.1) is 0 Å². The summed E-state index contributed by atoms with van der Waals surface area (Å²) in [5, 5.41) is 41.3. The fourth-order valence-electron chi connectivity index (χ4n) is 4.52. The monoisotopic (exact) mass is 272 g/mol. The van der Waals surface area contributed by atoms with Gasteiger partial charge in [0.05, 0.1) is 24.4 Å². The Morgan fingerprint density at radius 3 is 2.32 bits per heavy atom. The van der Waals surface area contributed by atoms with E-state index in [1.807, 2.05) is 6.92 Å². The van der Waals surface area contributed by atoms with E-state index >= 15 is 0 Å². The molecule has 0 unspecified atom stereocenters. The highest BCUT2D eigenvalue weighted by atomic mass is 16.3. The molecule has 0 amide bonds. The molecule has 0 aromatic heterocycles. The summed E-state index contributed by atoms with van der Waals surface area (Å²) in [6, 6.07) is 0. The second kappa shape index (κ2) is 4.99. The molecule has 112 valence electrons. The molecule has 2 aliphatic rings. The summed E-state index contributed by atoms with van der Waals surface area (Å²) >= 11 is 0. The van der Waals surface area contributed by atoms with Crippen molar-refractivity contribution in [1.82, 2.24) is 0 Å². The van der Waals surface area contributed by atoms with Crippen molar-refractivity contribution in [3.63, 3.8) is 0 Å². The molecule has 4 N–H and O–H groups in total. The number of aliphatic hydroxyl groups is 4. The maximum atomic E-state index is 10.7. The lowest BCUT2D eigenvalue weighted by atomic mass is 9.50. The number of hydrogen-bond donors (Lipinski definition) is 4. The zero-order chi connectivity index (χ0) is 14.4. The standard InChI is InChI=1S/C15H28O4/c1-9(2)10-4-6-14(3)11(17)5-7-15(19,8-16)13(14)12(10)18/h9-13,16-19H,4-8H2,1-3H3/t10-,11+,12-,13+,14-,15+/m0/s1. The van der Waals surface area contributed by atoms with Gasteiger partial charge in [-0.05, 0) is 37.5 Å². The molecule has 0 aromatic rings. The van der Waals surface area contributed by atoms with Crippen LogP contribution in [0.25, 0.3) is 0 Å². The molecule has 2 fully saturated rings. The molecule has 2 saturated carbocycles. The van der Waals surface area contributed by atoms with Gasteiger partial charge in [0.2, 0.25) is 0 Å². The molecular formula is C15H28O4. The third-order valence-electron chi connectivity index (χ3n) is 5.83. The molecule has 19 heavy (non-hydrogen) atoms. The van der Waals surface area contributed by atoms with Crippen LogP contribution in [0, 0.1) is 23.2 Å². The van der Waals surface area contributed by atoms with Gasteiger partial charge in [-0.3, -0.25) is 0 Å². The molecule has 4 heteroatoms. The van der Waals surface area contributed by atoms with E-state index in [2.05, 4.69) is 13.8 Å². The lowest BCUT2D eigenvalue weighted by Gasteiger charge is -2.59. The Hall–Kier alpha value is -0.160. The molecule has 2 aliphatic carbocycles. The highest BCUT2D eigenvalue weighted by Gasteiger charge is 2.60. The van der Waals surface area contributed by atoms with Crippen molar-refractivity contribution in [2.75, 3.05) is 6.61 Å². The Bertz CT molecular complexity index is 332. The van der Waals surface area contributed by atoms with Crippen molar-refractivity contribution in [1.29, 1.82) is 0 Å². The van der Waals surface area contributed by atoms with Crippen LogP contribution >= 0.6 is 0 Å². The molecule has 2 rings (SSSR count). The Kier molecular flexibility index (Phi) is 4.00. The first-order chi connectivity index (χ1) is 8.76. The number of rotatable bonds is 2. The number of fused-ring (bicyclic) bond motifs is 1. The predicted molar refractivity (Wildman–Crippen MR) is 72.4 cm³/mol. The highest BCUT2D eigenvalue weighted by molar-refractivity contribution is 5.10. The van der Waals surface area contributed by atoms with Crippen LogP contribution in [0.4, 0.5) is 0 Å². The molecule has 6 atom stereocenters. The summed E-state index contributed by atoms with van der Waals surface area (Å²) in [5.41, 5.74) is -1.76. The number of hydrogen-bond acceptors (Lipinski definition) is 4. The van der Waals surface area contributed by atoms with Gasteiger partial charge in [0, 0.05) is 11.3 Å². The minimum absolute atomic E-state index is 0.126. The van der Waals surface area contributed by atoms with E-state index in [-0.39, 0.29) is 12.5 Å². The predicted octanol–water partition coefficient (Wildman–Crippen LogP) is 0.914. The van der Waals surface area contributed by atoms with Gasteiger partial charge in [0.1, 0.15) is 0 Å². The van der Waals surface area contributed by atoms with Crippen LogP contribution < -0.4 is 0 Å². The van der Waals surface area contributed by atoms with Gasteiger partial charge in [-0.25, -0.2) is 0 Å². The largest absolute Gasteiger partial charge is 0.393 e. The molecule has 0 radical (unpaired) electrons. The van der Waals surface area contributed by atoms with E-state index < -0.39 is 29.1 Å². The van der Waals surface area contributed by atoms with Crippen LogP contribution in [-0.4, -0.2) is 44.8 Å². The minimum Gasteiger partial charge on any atom is -0.393 e. The summed E-state index contributed by atoms with van der Waals surface area (Å²) in [4.78, 5) is 0. The van der Waals surface area contributed by atoms with Crippen molar-refractivity contribution in [3.05, 3.63) is 0 Å². The minimum atomic E-state index is -1.26. The third-order valence-corrected chi connectivity index (χ3v) is 5.83. The van der Waals surface area contributed by atoms with Crippen molar-refractivity contribution >= 4 is 0 Å². The quantitative estimate of drug-likeness (QED) is 0.602. The van der Waals surface area contributed by atoms with E-state index in [0.29, 0.717) is 18.8 Å². The second-order valence-corrected chi connectivity index (χ2v) is 7.24. The van der Waals surface area contributed by atoms with E-state index in [9.17, 15) is 20.4 Å². The van der Waals surface area contributed by atoms with Crippen molar-refractivity contribution in [2.45, 2.75) is 64.3 Å². The Labute approximate surface area is 115 Å². The fraction of sp³-hybridized carbons (Fsp3) is 1.00. The van der Waals surface area contributed by atoms with Crippen LogP contribution in [0.3, 0.4) is 0 Å². The van der Waals surface area contributed by atoms with Gasteiger partial charge in [0.15, 0.2) is 0 Å². The first-order valence-electron chi connectivity index (χ1n) is 7.45. The lowest BCUT2D eigenvalue weighted by Crippen LogP contribution is -2.65. The third kappa shape index (κ3) is 2.23. The first kappa shape index (κ1) is 15.2. The van der Waals surface area contributed by atoms with Crippen LogP contribution in [-0.2, 0) is 0 Å². The van der Waals surface area contributed by atoms with Crippen LogP contribution in [0.1, 0.15) is 46.5 Å². The fourth-order valence-corrected chi connectivity index (χ4v) is 4.52. The average molecular weight is 272 g/mol. The summed E-state index contributed by atoms with van der Waals surface area (Å²) in [6.45, 7) is 5.76. The number of aliphatic hydroxyl groups excluding tert-OH is 3. The average Bonchev–Trinajstić information content (AvgIpc) is 2.34. The molecule has 0 heterocycles. The molecule has 0 bridgehead atoms. The zero-order valence-electron chi connectivity index (χ0n) is 12.2. The molecule has 4 nitrogen and oxygen atoms in total. The Morgan fingerprint density at radius 2 is 1.79 bits per heavy atom. The zero-order valence-corrected chi connectivity index (χ0v) is 12.2. The smallest absolute Gasteiger partial charge is 0.0937 e. The van der Waals surface area contributed by atoms with E-state index in [0.717, 1.165) is 12.8 Å². The molecule has 0 spiro atoms. The van der Waals surface area contributed by atoms with Gasteiger partial charge in [-0.1, -0.05) is 20.8 Å². The van der Waals surface area contributed by atoms with Gasteiger partial charge >= 0.3 is 0 Å². The van der Waals surface area contributed by atoms with Crippen molar-refractivity contribution < 1.29 is 20.4 Å². The van der Waals surface area contributed by atoms with E-state index in [4.69, 9.17) is 0 Å². The van der Waals surface area contributed by atoms with Gasteiger partial charge in [0.25, 0.3) is 0 Å². The normalized spacial score (nSPS) is 51.2. The van der Waals surface area contributed by atoms with Crippen LogP contribution in [0.5, 0.6) is 0 Å².